The highest BCUT2D eigenvalue weighted by Crippen LogP contribution is 2.27. The van der Waals surface area contributed by atoms with E-state index in [9.17, 15) is 4.79 Å². The average Bonchev–Trinajstić information content (AvgIpc) is 3.04. The molecule has 1 aromatic carbocycles. The van der Waals surface area contributed by atoms with Gasteiger partial charge in [0.05, 0.1) is 0 Å². The van der Waals surface area contributed by atoms with Crippen molar-refractivity contribution in [1.29, 1.82) is 0 Å². The number of hydrogen-bond donors (Lipinski definition) is 1. The third-order valence-electron chi connectivity index (χ3n) is 4.51. The molecule has 0 bridgehead atoms. The van der Waals surface area contributed by atoms with Gasteiger partial charge in [-0.15, -0.1) is 0 Å². The van der Waals surface area contributed by atoms with Crippen LogP contribution >= 0.6 is 0 Å². The summed E-state index contributed by atoms with van der Waals surface area (Å²) < 4.78 is 0. The Labute approximate surface area is 125 Å². The Balaban J connectivity index is 1.80. The maximum Gasteiger partial charge on any atom is 0.254 e. The standard InChI is InChI=1S/C17H21N3O/c1-12-5-3-7-15(13(12)2)17(21)20-10-4-6-14(11-20)16-8-9-18-19-16/h3,5,7-9,14H,4,6,10-11H2,1-2H3,(H,18,19). The normalized spacial score (nSPS) is 18.8. The molecule has 1 N–H and O–H groups in total. The number of aryl methyl sites for hydroxylation is 1. The predicted molar refractivity (Wildman–Crippen MR) is 82.4 cm³/mol. The molecule has 1 unspecified atom stereocenters. The number of benzene rings is 1. The van der Waals surface area contributed by atoms with Crippen LogP contribution in [0, 0.1) is 13.8 Å². The highest BCUT2D eigenvalue weighted by atomic mass is 16.2. The molecule has 2 aromatic rings. The topological polar surface area (TPSA) is 49.0 Å². The third-order valence-corrected chi connectivity index (χ3v) is 4.51. The molecule has 1 fully saturated rings. The number of aromatic amines is 1. The molecule has 1 amide bonds. The molecule has 1 atom stereocenters. The summed E-state index contributed by atoms with van der Waals surface area (Å²) in [6.07, 6.45) is 3.93. The Bertz CT molecular complexity index is 633. The van der Waals surface area contributed by atoms with Crippen molar-refractivity contribution in [2.24, 2.45) is 0 Å². The molecule has 0 aliphatic carbocycles. The Morgan fingerprint density at radius 3 is 2.95 bits per heavy atom. The second-order valence-corrected chi connectivity index (χ2v) is 5.85. The largest absolute Gasteiger partial charge is 0.338 e. The maximum absolute atomic E-state index is 12.8. The lowest BCUT2D eigenvalue weighted by atomic mass is 9.93. The number of amides is 1. The molecule has 1 aromatic heterocycles. The van der Waals surface area contributed by atoms with Gasteiger partial charge in [0.15, 0.2) is 0 Å². The van der Waals surface area contributed by atoms with Gasteiger partial charge in [0.2, 0.25) is 0 Å². The van der Waals surface area contributed by atoms with Gasteiger partial charge in [0.1, 0.15) is 0 Å². The van der Waals surface area contributed by atoms with Crippen molar-refractivity contribution >= 4 is 5.91 Å². The Morgan fingerprint density at radius 1 is 1.33 bits per heavy atom. The van der Waals surface area contributed by atoms with Gasteiger partial charge in [0.25, 0.3) is 5.91 Å². The lowest BCUT2D eigenvalue weighted by molar-refractivity contribution is 0.0705. The van der Waals surface area contributed by atoms with Crippen LogP contribution in [0.2, 0.25) is 0 Å². The summed E-state index contributed by atoms with van der Waals surface area (Å²) in [7, 11) is 0. The van der Waals surface area contributed by atoms with E-state index in [-0.39, 0.29) is 5.91 Å². The van der Waals surface area contributed by atoms with Gasteiger partial charge in [-0.3, -0.25) is 9.89 Å². The van der Waals surface area contributed by atoms with Crippen LogP contribution in [-0.2, 0) is 0 Å². The maximum atomic E-state index is 12.8. The molecule has 0 saturated carbocycles. The van der Waals surface area contributed by atoms with Crippen LogP contribution in [0.25, 0.3) is 0 Å². The summed E-state index contributed by atoms with van der Waals surface area (Å²) in [6, 6.07) is 7.96. The number of nitrogens with one attached hydrogen (secondary N) is 1. The van der Waals surface area contributed by atoms with Crippen LogP contribution in [0.4, 0.5) is 0 Å². The first kappa shape index (κ1) is 13.9. The van der Waals surface area contributed by atoms with Gasteiger partial charge >= 0.3 is 0 Å². The van der Waals surface area contributed by atoms with Crippen molar-refractivity contribution in [3.63, 3.8) is 0 Å². The lowest BCUT2D eigenvalue weighted by Gasteiger charge is -2.32. The van der Waals surface area contributed by atoms with E-state index in [1.807, 2.05) is 30.0 Å². The molecule has 4 nitrogen and oxygen atoms in total. The number of likely N-dealkylation sites (tertiary alicyclic amines) is 1. The molecule has 4 heteroatoms. The van der Waals surface area contributed by atoms with Crippen molar-refractivity contribution in [2.75, 3.05) is 13.1 Å². The molecule has 3 rings (SSSR count). The van der Waals surface area contributed by atoms with E-state index in [2.05, 4.69) is 23.2 Å². The smallest absolute Gasteiger partial charge is 0.254 e. The fourth-order valence-electron chi connectivity index (χ4n) is 3.06. The van der Waals surface area contributed by atoms with Crippen molar-refractivity contribution in [3.8, 4) is 0 Å². The quantitative estimate of drug-likeness (QED) is 0.921. The van der Waals surface area contributed by atoms with E-state index < -0.39 is 0 Å². The number of carbonyl (C=O) groups excluding carboxylic acids is 1. The van der Waals surface area contributed by atoms with E-state index >= 15 is 0 Å². The minimum Gasteiger partial charge on any atom is -0.338 e. The molecular weight excluding hydrogens is 262 g/mol. The molecule has 0 spiro atoms. The summed E-state index contributed by atoms with van der Waals surface area (Å²) in [4.78, 5) is 14.8. The molecule has 110 valence electrons. The van der Waals surface area contributed by atoms with Crippen LogP contribution < -0.4 is 0 Å². The highest BCUT2D eigenvalue weighted by Gasteiger charge is 2.26. The van der Waals surface area contributed by atoms with Crippen LogP contribution in [-0.4, -0.2) is 34.1 Å². The number of carbonyl (C=O) groups is 1. The van der Waals surface area contributed by atoms with Gasteiger partial charge < -0.3 is 4.90 Å². The Hall–Kier alpha value is -2.10. The van der Waals surface area contributed by atoms with Gasteiger partial charge in [-0.05, 0) is 49.9 Å². The van der Waals surface area contributed by atoms with E-state index in [0.29, 0.717) is 5.92 Å². The first-order valence-corrected chi connectivity index (χ1v) is 7.51. The summed E-state index contributed by atoms with van der Waals surface area (Å²) in [5.41, 5.74) is 4.22. The van der Waals surface area contributed by atoms with Gasteiger partial charge in [-0.25, -0.2) is 0 Å². The molecule has 1 saturated heterocycles. The lowest BCUT2D eigenvalue weighted by Crippen LogP contribution is -2.39. The zero-order chi connectivity index (χ0) is 14.8. The summed E-state index contributed by atoms with van der Waals surface area (Å²) >= 11 is 0. The summed E-state index contributed by atoms with van der Waals surface area (Å²) in [5, 5.41) is 7.06. The van der Waals surface area contributed by atoms with E-state index in [1.165, 1.54) is 5.56 Å². The zero-order valence-electron chi connectivity index (χ0n) is 12.6. The number of piperidine rings is 1. The minimum absolute atomic E-state index is 0.153. The van der Waals surface area contributed by atoms with E-state index in [4.69, 9.17) is 0 Å². The average molecular weight is 283 g/mol. The van der Waals surface area contributed by atoms with Crippen LogP contribution in [0.1, 0.15) is 45.9 Å². The van der Waals surface area contributed by atoms with Crippen LogP contribution in [0.15, 0.2) is 30.5 Å². The van der Waals surface area contributed by atoms with E-state index in [0.717, 1.165) is 42.8 Å². The highest BCUT2D eigenvalue weighted by molar-refractivity contribution is 5.96. The first-order chi connectivity index (χ1) is 10.2. The number of rotatable bonds is 2. The van der Waals surface area contributed by atoms with Crippen LogP contribution in [0.5, 0.6) is 0 Å². The van der Waals surface area contributed by atoms with Crippen molar-refractivity contribution in [1.82, 2.24) is 15.1 Å². The second-order valence-electron chi connectivity index (χ2n) is 5.85. The van der Waals surface area contributed by atoms with Crippen LogP contribution in [0.3, 0.4) is 0 Å². The predicted octanol–water partition coefficient (Wildman–Crippen LogP) is 3.05. The zero-order valence-corrected chi connectivity index (χ0v) is 12.6. The molecular formula is C17H21N3O. The molecule has 2 heterocycles. The summed E-state index contributed by atoms with van der Waals surface area (Å²) in [5.74, 6) is 0.524. The van der Waals surface area contributed by atoms with Crippen molar-refractivity contribution in [2.45, 2.75) is 32.6 Å². The number of aromatic nitrogens is 2. The SMILES string of the molecule is Cc1cccc(C(=O)N2CCCC(c3ccn[nH]3)C2)c1C. The number of H-pyrrole nitrogens is 1. The van der Waals surface area contributed by atoms with Gasteiger partial charge in [-0.2, -0.15) is 5.10 Å². The second kappa shape index (κ2) is 5.72. The van der Waals surface area contributed by atoms with Gasteiger partial charge in [0, 0.05) is 36.5 Å². The Morgan fingerprint density at radius 2 is 2.19 bits per heavy atom. The summed E-state index contributed by atoms with van der Waals surface area (Å²) in [6.45, 7) is 5.69. The van der Waals surface area contributed by atoms with Gasteiger partial charge in [-0.1, -0.05) is 12.1 Å². The van der Waals surface area contributed by atoms with Crippen molar-refractivity contribution < 1.29 is 4.79 Å². The fourth-order valence-corrected chi connectivity index (χ4v) is 3.06. The molecule has 0 radical (unpaired) electrons. The fraction of sp³-hybridized carbons (Fsp3) is 0.412. The minimum atomic E-state index is 0.153. The molecule has 21 heavy (non-hydrogen) atoms. The van der Waals surface area contributed by atoms with E-state index in [1.54, 1.807) is 6.20 Å². The number of hydrogen-bond acceptors (Lipinski definition) is 2. The molecule has 1 aliphatic rings. The first-order valence-electron chi connectivity index (χ1n) is 7.51. The Kier molecular flexibility index (Phi) is 3.78. The monoisotopic (exact) mass is 283 g/mol. The third kappa shape index (κ3) is 2.71. The number of nitrogens with zero attached hydrogens (tertiary/aromatic N) is 2. The molecule has 1 aliphatic heterocycles. The van der Waals surface area contributed by atoms with Crippen molar-refractivity contribution in [3.05, 3.63) is 52.8 Å².